The molecule has 0 saturated heterocycles. The maximum Gasteiger partial charge on any atom is -0.00187 e. The Balaban J connectivity index is 0. The highest BCUT2D eigenvalue weighted by Gasteiger charge is 2.05. The van der Waals surface area contributed by atoms with Gasteiger partial charge in [-0.25, -0.2) is 0 Å². The average molecular weight is 707 g/mol. The summed E-state index contributed by atoms with van der Waals surface area (Å²) in [7, 11) is 0. The molecule has 0 aromatic carbocycles. The van der Waals surface area contributed by atoms with E-state index in [2.05, 4.69) is 32.6 Å². The summed E-state index contributed by atoms with van der Waals surface area (Å²) in [5.41, 5.74) is 5.42. The first-order valence-corrected chi connectivity index (χ1v) is 24.2. The van der Waals surface area contributed by atoms with Crippen molar-refractivity contribution < 1.29 is 0 Å². The smallest absolute Gasteiger partial charge is 0.00187 e. The predicted octanol–water partition coefficient (Wildman–Crippen LogP) is 16.9. The van der Waals surface area contributed by atoms with Gasteiger partial charge in [-0.2, -0.15) is 0 Å². The molecule has 0 aromatic rings. The van der Waals surface area contributed by atoms with Crippen LogP contribution in [0.2, 0.25) is 0 Å². The largest absolute Gasteiger partial charge is 0.330 e. The fourth-order valence-corrected chi connectivity index (χ4v) is 7.44. The first-order chi connectivity index (χ1) is 24.8. The van der Waals surface area contributed by atoms with Crippen LogP contribution in [-0.2, 0) is 0 Å². The lowest BCUT2D eigenvalue weighted by molar-refractivity contribution is 0.254. The Labute approximate surface area is 320 Å². The van der Waals surface area contributed by atoms with Crippen molar-refractivity contribution in [2.45, 2.75) is 285 Å². The van der Waals surface area contributed by atoms with Crippen molar-refractivity contribution in [2.75, 3.05) is 26.2 Å². The van der Waals surface area contributed by atoms with E-state index in [1.165, 1.54) is 276 Å². The van der Waals surface area contributed by atoms with Gasteiger partial charge in [0.2, 0.25) is 0 Å². The Morgan fingerprint density at radius 2 is 0.380 bits per heavy atom. The fraction of sp³-hybridized carbons (Fsp3) is 1.00. The van der Waals surface area contributed by atoms with Gasteiger partial charge in [-0.3, -0.25) is 0 Å². The Morgan fingerprint density at radius 3 is 0.560 bits per heavy atom. The molecule has 0 aromatic heterocycles. The van der Waals surface area contributed by atoms with Crippen LogP contribution >= 0.6 is 0 Å². The molecule has 0 bridgehead atoms. The van der Waals surface area contributed by atoms with Gasteiger partial charge in [0, 0.05) is 0 Å². The second kappa shape index (κ2) is 51.0. The topological polar surface area (TPSA) is 29.3 Å². The van der Waals surface area contributed by atoms with Crippen LogP contribution in [0.5, 0.6) is 0 Å². The minimum absolute atomic E-state index is 0.872. The van der Waals surface area contributed by atoms with Crippen LogP contribution in [0, 0.1) is 0 Å². The maximum absolute atomic E-state index is 5.42. The standard InChI is InChI=1S/C36H75N.C12H27N/c1-4-7-10-13-16-19-22-25-28-31-34-37(35-32-29-26-23-20-17-14-11-8-5-2)36-33-30-27-24-21-18-15-12-9-6-3;1-2-3-4-5-6-7-8-9-10-11-12-13/h4-36H2,1-3H3;2-13H2,1H3. The van der Waals surface area contributed by atoms with E-state index < -0.39 is 0 Å². The second-order valence-electron chi connectivity index (χ2n) is 16.4. The molecule has 0 spiro atoms. The minimum atomic E-state index is 0.872. The molecule has 0 heterocycles. The monoisotopic (exact) mass is 707 g/mol. The Hall–Kier alpha value is -0.0800. The highest BCUT2D eigenvalue weighted by atomic mass is 15.1. The van der Waals surface area contributed by atoms with Crippen molar-refractivity contribution in [3.8, 4) is 0 Å². The summed E-state index contributed by atoms with van der Waals surface area (Å²) in [6, 6.07) is 0. The van der Waals surface area contributed by atoms with Crippen molar-refractivity contribution in [2.24, 2.45) is 5.73 Å². The summed E-state index contributed by atoms with van der Waals surface area (Å²) in [4.78, 5) is 2.85. The number of nitrogens with two attached hydrogens (primary N) is 1. The van der Waals surface area contributed by atoms with E-state index in [4.69, 9.17) is 5.73 Å². The van der Waals surface area contributed by atoms with Gasteiger partial charge in [0.15, 0.2) is 0 Å². The lowest BCUT2D eigenvalue weighted by Gasteiger charge is -2.22. The number of hydrogen-bond donors (Lipinski definition) is 1. The molecule has 0 fully saturated rings. The molecule has 2 N–H and O–H groups in total. The van der Waals surface area contributed by atoms with Crippen LogP contribution in [0.3, 0.4) is 0 Å². The molecule has 0 radical (unpaired) electrons. The minimum Gasteiger partial charge on any atom is -0.330 e. The van der Waals surface area contributed by atoms with Gasteiger partial charge >= 0.3 is 0 Å². The molecule has 0 rings (SSSR count). The zero-order chi connectivity index (χ0) is 36.7. The van der Waals surface area contributed by atoms with E-state index in [0.29, 0.717) is 0 Å². The zero-order valence-electron chi connectivity index (χ0n) is 36.1. The van der Waals surface area contributed by atoms with Crippen LogP contribution in [0.1, 0.15) is 285 Å². The number of nitrogens with zero attached hydrogens (tertiary/aromatic N) is 1. The molecule has 0 aliphatic carbocycles. The fourth-order valence-electron chi connectivity index (χ4n) is 7.44. The van der Waals surface area contributed by atoms with Crippen LogP contribution in [-0.4, -0.2) is 31.1 Å². The quantitative estimate of drug-likeness (QED) is 0.0640. The van der Waals surface area contributed by atoms with Crippen molar-refractivity contribution in [3.05, 3.63) is 0 Å². The summed E-state index contributed by atoms with van der Waals surface area (Å²) in [5, 5.41) is 0. The molecular weight excluding hydrogens is 605 g/mol. The first-order valence-electron chi connectivity index (χ1n) is 24.2. The molecule has 50 heavy (non-hydrogen) atoms. The van der Waals surface area contributed by atoms with Gasteiger partial charge in [0.05, 0.1) is 0 Å². The molecule has 0 aliphatic heterocycles. The SMILES string of the molecule is CCCCCCCCCCCCN.CCCCCCCCCCCCN(CCCCCCCCCCCC)CCCCCCCCCCCC. The highest BCUT2D eigenvalue weighted by Crippen LogP contribution is 2.15. The third-order valence-corrected chi connectivity index (χ3v) is 11.0. The molecular formula is C48H102N2. The lowest BCUT2D eigenvalue weighted by Crippen LogP contribution is -2.27. The van der Waals surface area contributed by atoms with Gasteiger partial charge in [-0.05, 0) is 51.9 Å². The van der Waals surface area contributed by atoms with Crippen LogP contribution in [0.25, 0.3) is 0 Å². The van der Waals surface area contributed by atoms with Crippen LogP contribution in [0.4, 0.5) is 0 Å². The highest BCUT2D eigenvalue weighted by molar-refractivity contribution is 4.61. The van der Waals surface area contributed by atoms with Gasteiger partial charge < -0.3 is 10.6 Å². The normalized spacial score (nSPS) is 11.4. The summed E-state index contributed by atoms with van der Waals surface area (Å²) in [6.07, 6.45) is 57.5. The summed E-state index contributed by atoms with van der Waals surface area (Å²) in [6.45, 7) is 14.2. The van der Waals surface area contributed by atoms with Gasteiger partial charge in [0.25, 0.3) is 0 Å². The van der Waals surface area contributed by atoms with Gasteiger partial charge in [-0.15, -0.1) is 0 Å². The van der Waals surface area contributed by atoms with Crippen molar-refractivity contribution in [3.63, 3.8) is 0 Å². The summed E-state index contributed by atoms with van der Waals surface area (Å²) in [5.74, 6) is 0. The molecule has 0 aliphatic rings. The third kappa shape index (κ3) is 50.0. The van der Waals surface area contributed by atoms with Crippen molar-refractivity contribution in [1.82, 2.24) is 4.90 Å². The summed E-state index contributed by atoms with van der Waals surface area (Å²) < 4.78 is 0. The van der Waals surface area contributed by atoms with Gasteiger partial charge in [0.1, 0.15) is 0 Å². The third-order valence-electron chi connectivity index (χ3n) is 11.0. The molecule has 2 heteroatoms. The Kier molecular flexibility index (Phi) is 53.1. The van der Waals surface area contributed by atoms with E-state index in [0.717, 1.165) is 6.54 Å². The predicted molar refractivity (Wildman–Crippen MR) is 233 cm³/mol. The zero-order valence-corrected chi connectivity index (χ0v) is 36.1. The maximum atomic E-state index is 5.42. The van der Waals surface area contributed by atoms with Crippen LogP contribution < -0.4 is 5.73 Å². The number of hydrogen-bond acceptors (Lipinski definition) is 2. The second-order valence-corrected chi connectivity index (χ2v) is 16.4. The Morgan fingerprint density at radius 1 is 0.220 bits per heavy atom. The van der Waals surface area contributed by atoms with Crippen molar-refractivity contribution in [1.29, 1.82) is 0 Å². The van der Waals surface area contributed by atoms with E-state index >= 15 is 0 Å². The molecule has 2 nitrogen and oxygen atoms in total. The Bertz CT molecular complexity index is 467. The molecule has 0 amide bonds. The molecule has 304 valence electrons. The lowest BCUT2D eigenvalue weighted by atomic mass is 10.1. The van der Waals surface area contributed by atoms with Crippen molar-refractivity contribution >= 4 is 0 Å². The van der Waals surface area contributed by atoms with E-state index in [1.54, 1.807) is 0 Å². The molecule has 0 saturated carbocycles. The number of unbranched alkanes of at least 4 members (excludes halogenated alkanes) is 36. The van der Waals surface area contributed by atoms with Gasteiger partial charge in [-0.1, -0.05) is 259 Å². The van der Waals surface area contributed by atoms with E-state index in [9.17, 15) is 0 Å². The first kappa shape index (κ1) is 52.0. The average Bonchev–Trinajstić information content (AvgIpc) is 3.13. The molecule has 0 atom stereocenters. The van der Waals surface area contributed by atoms with E-state index in [1.807, 2.05) is 0 Å². The van der Waals surface area contributed by atoms with Crippen LogP contribution in [0.15, 0.2) is 0 Å². The number of rotatable bonds is 43. The summed E-state index contributed by atoms with van der Waals surface area (Å²) >= 11 is 0. The molecule has 0 unspecified atom stereocenters. The van der Waals surface area contributed by atoms with E-state index in [-0.39, 0.29) is 0 Å².